The van der Waals surface area contributed by atoms with Gasteiger partial charge >= 0.3 is 0 Å². The van der Waals surface area contributed by atoms with E-state index in [0.29, 0.717) is 0 Å². The Morgan fingerprint density at radius 3 is 2.50 bits per heavy atom. The molecule has 0 fully saturated rings. The highest BCUT2D eigenvalue weighted by molar-refractivity contribution is 7.79. The Labute approximate surface area is 79.8 Å². The van der Waals surface area contributed by atoms with Crippen molar-refractivity contribution >= 4 is 12.6 Å². The first kappa shape index (κ1) is 9.62. The van der Waals surface area contributed by atoms with Crippen LogP contribution in [0.3, 0.4) is 0 Å². The average molecular weight is 181 g/mol. The standard InChI is InChI=1S/C10H15NS/c1-11(2)7-9-4-3-5-10(6-9)8-12/h3-6,12H,7-8H2,1-2H3. The third-order valence-corrected chi connectivity index (χ3v) is 2.04. The summed E-state index contributed by atoms with van der Waals surface area (Å²) in [6, 6.07) is 8.54. The van der Waals surface area contributed by atoms with E-state index >= 15 is 0 Å². The number of nitrogens with zero attached hydrogens (tertiary/aromatic N) is 1. The van der Waals surface area contributed by atoms with Crippen LogP contribution in [0.1, 0.15) is 11.1 Å². The lowest BCUT2D eigenvalue weighted by molar-refractivity contribution is 0.402. The summed E-state index contributed by atoms with van der Waals surface area (Å²) in [6.45, 7) is 1.00. The first-order valence-electron chi connectivity index (χ1n) is 4.06. The van der Waals surface area contributed by atoms with Crippen LogP contribution in [0.5, 0.6) is 0 Å². The molecule has 1 aromatic carbocycles. The molecular formula is C10H15NS. The van der Waals surface area contributed by atoms with Gasteiger partial charge in [-0.15, -0.1) is 0 Å². The quantitative estimate of drug-likeness (QED) is 0.699. The van der Waals surface area contributed by atoms with E-state index in [0.717, 1.165) is 12.3 Å². The molecule has 2 heteroatoms. The number of hydrogen-bond donors (Lipinski definition) is 1. The highest BCUT2D eigenvalue weighted by Gasteiger charge is 1.95. The van der Waals surface area contributed by atoms with E-state index in [1.54, 1.807) is 0 Å². The molecule has 12 heavy (non-hydrogen) atoms. The number of thiol groups is 1. The van der Waals surface area contributed by atoms with Crippen molar-refractivity contribution in [2.24, 2.45) is 0 Å². The molecule has 0 saturated carbocycles. The normalized spacial score (nSPS) is 10.7. The van der Waals surface area contributed by atoms with Crippen LogP contribution in [0, 0.1) is 0 Å². The van der Waals surface area contributed by atoms with Gasteiger partial charge in [0.2, 0.25) is 0 Å². The fraction of sp³-hybridized carbons (Fsp3) is 0.400. The minimum atomic E-state index is 0.821. The van der Waals surface area contributed by atoms with E-state index in [2.05, 4.69) is 55.9 Å². The summed E-state index contributed by atoms with van der Waals surface area (Å²) < 4.78 is 0. The molecule has 1 aromatic rings. The molecule has 0 radical (unpaired) electrons. The molecule has 0 aliphatic carbocycles. The highest BCUT2D eigenvalue weighted by Crippen LogP contribution is 2.08. The summed E-state index contributed by atoms with van der Waals surface area (Å²) in [5.74, 6) is 0.821. The van der Waals surface area contributed by atoms with E-state index in [1.807, 2.05) is 0 Å². The molecule has 0 atom stereocenters. The van der Waals surface area contributed by atoms with Crippen molar-refractivity contribution in [3.05, 3.63) is 35.4 Å². The largest absolute Gasteiger partial charge is 0.305 e. The molecule has 0 spiro atoms. The molecule has 0 aliphatic heterocycles. The minimum absolute atomic E-state index is 0.821. The zero-order valence-corrected chi connectivity index (χ0v) is 8.51. The van der Waals surface area contributed by atoms with Gasteiger partial charge in [-0.05, 0) is 25.2 Å². The Kier molecular flexibility index (Phi) is 3.63. The zero-order valence-electron chi connectivity index (χ0n) is 7.62. The number of hydrogen-bond acceptors (Lipinski definition) is 2. The summed E-state index contributed by atoms with van der Waals surface area (Å²) in [5.41, 5.74) is 2.64. The summed E-state index contributed by atoms with van der Waals surface area (Å²) in [6.07, 6.45) is 0. The molecule has 0 bridgehead atoms. The first-order chi connectivity index (χ1) is 5.72. The summed E-state index contributed by atoms with van der Waals surface area (Å²) in [5, 5.41) is 0. The molecule has 1 nitrogen and oxygen atoms in total. The predicted molar refractivity (Wildman–Crippen MR) is 56.5 cm³/mol. The molecular weight excluding hydrogens is 166 g/mol. The lowest BCUT2D eigenvalue weighted by atomic mass is 10.1. The van der Waals surface area contributed by atoms with E-state index in [-0.39, 0.29) is 0 Å². The third kappa shape index (κ3) is 2.88. The molecule has 1 rings (SSSR count). The maximum atomic E-state index is 4.23. The van der Waals surface area contributed by atoms with Crippen molar-refractivity contribution in [1.29, 1.82) is 0 Å². The Balaban J connectivity index is 2.72. The van der Waals surface area contributed by atoms with Crippen LogP contribution in [0.15, 0.2) is 24.3 Å². The van der Waals surface area contributed by atoms with Crippen LogP contribution in [-0.4, -0.2) is 19.0 Å². The lowest BCUT2D eigenvalue weighted by Gasteiger charge is -2.09. The third-order valence-electron chi connectivity index (χ3n) is 1.67. The minimum Gasteiger partial charge on any atom is -0.305 e. The lowest BCUT2D eigenvalue weighted by Crippen LogP contribution is -2.10. The van der Waals surface area contributed by atoms with Crippen molar-refractivity contribution in [3.8, 4) is 0 Å². The van der Waals surface area contributed by atoms with Crippen LogP contribution >= 0.6 is 12.6 Å². The Morgan fingerprint density at radius 2 is 1.92 bits per heavy atom. The second-order valence-electron chi connectivity index (χ2n) is 3.22. The predicted octanol–water partition coefficient (Wildman–Crippen LogP) is 2.18. The molecule has 66 valence electrons. The molecule has 0 amide bonds. The molecule has 0 saturated heterocycles. The van der Waals surface area contributed by atoms with E-state index in [1.165, 1.54) is 11.1 Å². The van der Waals surface area contributed by atoms with Gasteiger partial charge in [0.25, 0.3) is 0 Å². The van der Waals surface area contributed by atoms with E-state index in [9.17, 15) is 0 Å². The zero-order chi connectivity index (χ0) is 8.97. The van der Waals surface area contributed by atoms with Crippen molar-refractivity contribution < 1.29 is 0 Å². The van der Waals surface area contributed by atoms with Gasteiger partial charge in [0.05, 0.1) is 0 Å². The van der Waals surface area contributed by atoms with Crippen molar-refractivity contribution in [2.75, 3.05) is 14.1 Å². The van der Waals surface area contributed by atoms with Gasteiger partial charge in [0.1, 0.15) is 0 Å². The van der Waals surface area contributed by atoms with Gasteiger partial charge in [0, 0.05) is 12.3 Å². The molecule has 0 aromatic heterocycles. The van der Waals surface area contributed by atoms with E-state index in [4.69, 9.17) is 0 Å². The van der Waals surface area contributed by atoms with Crippen molar-refractivity contribution in [1.82, 2.24) is 4.90 Å². The fourth-order valence-corrected chi connectivity index (χ4v) is 1.39. The maximum absolute atomic E-state index is 4.23. The SMILES string of the molecule is CN(C)Cc1cccc(CS)c1. The van der Waals surface area contributed by atoms with Gasteiger partial charge < -0.3 is 4.90 Å². The molecule has 0 aliphatic rings. The van der Waals surface area contributed by atoms with Gasteiger partial charge in [0.15, 0.2) is 0 Å². The fourth-order valence-electron chi connectivity index (χ4n) is 1.19. The second kappa shape index (κ2) is 4.53. The summed E-state index contributed by atoms with van der Waals surface area (Å²) in [4.78, 5) is 2.16. The van der Waals surface area contributed by atoms with Crippen molar-refractivity contribution in [3.63, 3.8) is 0 Å². The highest BCUT2D eigenvalue weighted by atomic mass is 32.1. The summed E-state index contributed by atoms with van der Waals surface area (Å²) in [7, 11) is 4.15. The molecule has 0 heterocycles. The Morgan fingerprint density at radius 1 is 1.25 bits per heavy atom. The first-order valence-corrected chi connectivity index (χ1v) is 4.69. The van der Waals surface area contributed by atoms with Crippen LogP contribution in [-0.2, 0) is 12.3 Å². The monoisotopic (exact) mass is 181 g/mol. The number of rotatable bonds is 3. The maximum Gasteiger partial charge on any atom is 0.0227 e. The Hall–Kier alpha value is -0.470. The molecule has 0 N–H and O–H groups in total. The Bertz CT molecular complexity index is 245. The van der Waals surface area contributed by atoms with Crippen LogP contribution in [0.25, 0.3) is 0 Å². The molecule has 0 unspecified atom stereocenters. The number of benzene rings is 1. The van der Waals surface area contributed by atoms with Crippen LogP contribution < -0.4 is 0 Å². The van der Waals surface area contributed by atoms with Gasteiger partial charge in [-0.3, -0.25) is 0 Å². The van der Waals surface area contributed by atoms with Gasteiger partial charge in [-0.1, -0.05) is 24.3 Å². The van der Waals surface area contributed by atoms with Crippen molar-refractivity contribution in [2.45, 2.75) is 12.3 Å². The topological polar surface area (TPSA) is 3.24 Å². The van der Waals surface area contributed by atoms with Gasteiger partial charge in [-0.2, -0.15) is 12.6 Å². The van der Waals surface area contributed by atoms with Crippen LogP contribution in [0.4, 0.5) is 0 Å². The average Bonchev–Trinajstić information content (AvgIpc) is 2.03. The second-order valence-corrected chi connectivity index (χ2v) is 3.53. The van der Waals surface area contributed by atoms with Crippen LogP contribution in [0.2, 0.25) is 0 Å². The summed E-state index contributed by atoms with van der Waals surface area (Å²) >= 11 is 4.23. The van der Waals surface area contributed by atoms with Gasteiger partial charge in [-0.25, -0.2) is 0 Å². The van der Waals surface area contributed by atoms with E-state index < -0.39 is 0 Å². The smallest absolute Gasteiger partial charge is 0.0227 e.